The molecule has 1 aromatic rings. The Labute approximate surface area is 113 Å². The molecule has 0 saturated heterocycles. The second kappa shape index (κ2) is 5.07. The zero-order valence-electron chi connectivity index (χ0n) is 11.5. The molecule has 3 N–H and O–H groups in total. The molecule has 19 heavy (non-hydrogen) atoms. The van der Waals surface area contributed by atoms with Gasteiger partial charge in [-0.2, -0.15) is 0 Å². The van der Waals surface area contributed by atoms with Crippen LogP contribution in [0.3, 0.4) is 0 Å². The normalized spacial score (nSPS) is 21.9. The third-order valence-corrected chi connectivity index (χ3v) is 3.80. The van der Waals surface area contributed by atoms with Crippen molar-refractivity contribution in [2.24, 2.45) is 5.41 Å². The zero-order valence-corrected chi connectivity index (χ0v) is 11.5. The van der Waals surface area contributed by atoms with Crippen molar-refractivity contribution >= 4 is 17.1 Å². The number of anilines is 2. The smallest absolute Gasteiger partial charge is 0.292 e. The Morgan fingerprint density at radius 3 is 2.79 bits per heavy atom. The van der Waals surface area contributed by atoms with E-state index in [1.807, 2.05) is 0 Å². The number of nitrogen functional groups attached to an aromatic ring is 1. The first-order chi connectivity index (χ1) is 8.87. The third kappa shape index (κ3) is 3.36. The van der Waals surface area contributed by atoms with Crippen molar-refractivity contribution in [2.75, 3.05) is 11.1 Å². The Bertz CT molecular complexity index is 486. The summed E-state index contributed by atoms with van der Waals surface area (Å²) in [5, 5.41) is 14.2. The van der Waals surface area contributed by atoms with Gasteiger partial charge >= 0.3 is 0 Å². The molecule has 5 heteroatoms. The quantitative estimate of drug-likeness (QED) is 0.496. The van der Waals surface area contributed by atoms with Crippen LogP contribution in [-0.4, -0.2) is 11.0 Å². The van der Waals surface area contributed by atoms with Gasteiger partial charge in [0.15, 0.2) is 0 Å². The Hall–Kier alpha value is -1.78. The maximum Gasteiger partial charge on any atom is 0.292 e. The van der Waals surface area contributed by atoms with Crippen LogP contribution in [0.4, 0.5) is 17.1 Å². The van der Waals surface area contributed by atoms with E-state index in [0.29, 0.717) is 11.5 Å². The molecule has 1 aliphatic carbocycles. The Balaban J connectivity index is 2.07. The standard InChI is InChI=1S/C14H21N3O2/c1-14(2)7-3-4-11(9-14)16-10-5-6-13(17(18)19)12(15)8-10/h5-6,8,11,16H,3-4,7,9,15H2,1-2H3. The predicted molar refractivity (Wildman–Crippen MR) is 77.2 cm³/mol. The maximum absolute atomic E-state index is 10.7. The van der Waals surface area contributed by atoms with Crippen LogP contribution in [0.5, 0.6) is 0 Å². The maximum atomic E-state index is 10.7. The summed E-state index contributed by atoms with van der Waals surface area (Å²) in [6.45, 7) is 4.57. The van der Waals surface area contributed by atoms with E-state index in [2.05, 4.69) is 19.2 Å². The van der Waals surface area contributed by atoms with E-state index in [4.69, 9.17) is 5.73 Å². The SMILES string of the molecule is CC1(C)CCCC(Nc2ccc([N+](=O)[O-])c(N)c2)C1. The molecule has 1 aromatic carbocycles. The van der Waals surface area contributed by atoms with Gasteiger partial charge in [0.25, 0.3) is 5.69 Å². The molecule has 1 aliphatic rings. The number of hydrogen-bond donors (Lipinski definition) is 2. The number of nitrogens with zero attached hydrogens (tertiary/aromatic N) is 1. The van der Waals surface area contributed by atoms with E-state index < -0.39 is 4.92 Å². The second-order valence-corrected chi connectivity index (χ2v) is 6.13. The van der Waals surface area contributed by atoms with Gasteiger partial charge in [-0.1, -0.05) is 20.3 Å². The lowest BCUT2D eigenvalue weighted by molar-refractivity contribution is -0.383. The van der Waals surface area contributed by atoms with E-state index >= 15 is 0 Å². The van der Waals surface area contributed by atoms with Gasteiger partial charge in [0.05, 0.1) is 4.92 Å². The first-order valence-corrected chi connectivity index (χ1v) is 6.68. The number of nitro groups is 1. The lowest BCUT2D eigenvalue weighted by atomic mass is 9.75. The van der Waals surface area contributed by atoms with E-state index in [-0.39, 0.29) is 11.4 Å². The van der Waals surface area contributed by atoms with Gasteiger partial charge in [0.2, 0.25) is 0 Å². The summed E-state index contributed by atoms with van der Waals surface area (Å²) in [7, 11) is 0. The van der Waals surface area contributed by atoms with Crippen molar-refractivity contribution in [3.8, 4) is 0 Å². The number of nitrogens with one attached hydrogen (secondary N) is 1. The van der Waals surface area contributed by atoms with Crippen molar-refractivity contribution in [3.63, 3.8) is 0 Å². The number of rotatable bonds is 3. The third-order valence-electron chi connectivity index (χ3n) is 3.80. The van der Waals surface area contributed by atoms with Crippen LogP contribution in [0.1, 0.15) is 39.5 Å². The lowest BCUT2D eigenvalue weighted by Gasteiger charge is -2.36. The molecule has 1 unspecified atom stereocenters. The number of nitro benzene ring substituents is 1. The zero-order chi connectivity index (χ0) is 14.0. The predicted octanol–water partition coefficient (Wildman–Crippen LogP) is 3.56. The Morgan fingerprint density at radius 2 is 2.21 bits per heavy atom. The summed E-state index contributed by atoms with van der Waals surface area (Å²) >= 11 is 0. The average Bonchev–Trinajstić information content (AvgIpc) is 2.27. The minimum atomic E-state index is -0.456. The van der Waals surface area contributed by atoms with Gasteiger partial charge in [-0.25, -0.2) is 0 Å². The molecule has 0 amide bonds. The monoisotopic (exact) mass is 263 g/mol. The summed E-state index contributed by atoms with van der Waals surface area (Å²) < 4.78 is 0. The summed E-state index contributed by atoms with van der Waals surface area (Å²) in [6.07, 6.45) is 4.73. The van der Waals surface area contributed by atoms with Crippen LogP contribution in [-0.2, 0) is 0 Å². The minimum Gasteiger partial charge on any atom is -0.393 e. The molecule has 1 atom stereocenters. The van der Waals surface area contributed by atoms with E-state index in [1.54, 1.807) is 12.1 Å². The van der Waals surface area contributed by atoms with Gasteiger partial charge in [0, 0.05) is 17.8 Å². The fourth-order valence-electron chi connectivity index (χ4n) is 2.87. The summed E-state index contributed by atoms with van der Waals surface area (Å²) in [5.74, 6) is 0. The molecule has 0 radical (unpaired) electrons. The van der Waals surface area contributed by atoms with Gasteiger partial charge < -0.3 is 11.1 Å². The molecular formula is C14H21N3O2. The summed E-state index contributed by atoms with van der Waals surface area (Å²) in [6, 6.07) is 5.27. The molecule has 0 bridgehead atoms. The van der Waals surface area contributed by atoms with E-state index in [1.165, 1.54) is 18.9 Å². The number of hydrogen-bond acceptors (Lipinski definition) is 4. The minimum absolute atomic E-state index is 0.0328. The lowest BCUT2D eigenvalue weighted by Crippen LogP contribution is -2.31. The summed E-state index contributed by atoms with van der Waals surface area (Å²) in [5.41, 5.74) is 7.11. The fourth-order valence-corrected chi connectivity index (χ4v) is 2.87. The first kappa shape index (κ1) is 13.6. The molecule has 0 aliphatic heterocycles. The van der Waals surface area contributed by atoms with Gasteiger partial charge in [-0.05, 0) is 36.8 Å². The van der Waals surface area contributed by atoms with Gasteiger partial charge in [-0.15, -0.1) is 0 Å². The molecule has 1 saturated carbocycles. The first-order valence-electron chi connectivity index (χ1n) is 6.68. The molecule has 104 valence electrons. The van der Waals surface area contributed by atoms with Crippen LogP contribution in [0, 0.1) is 15.5 Å². The largest absolute Gasteiger partial charge is 0.393 e. The Morgan fingerprint density at radius 1 is 1.47 bits per heavy atom. The van der Waals surface area contributed by atoms with Crippen molar-refractivity contribution in [2.45, 2.75) is 45.6 Å². The van der Waals surface area contributed by atoms with Gasteiger partial charge in [0.1, 0.15) is 5.69 Å². The van der Waals surface area contributed by atoms with Crippen LogP contribution in [0.25, 0.3) is 0 Å². The van der Waals surface area contributed by atoms with Crippen molar-refractivity contribution < 1.29 is 4.92 Å². The highest BCUT2D eigenvalue weighted by atomic mass is 16.6. The summed E-state index contributed by atoms with van der Waals surface area (Å²) in [4.78, 5) is 10.3. The molecule has 0 spiro atoms. The highest BCUT2D eigenvalue weighted by molar-refractivity contribution is 5.66. The van der Waals surface area contributed by atoms with Crippen LogP contribution in [0.2, 0.25) is 0 Å². The highest BCUT2D eigenvalue weighted by Crippen LogP contribution is 2.36. The van der Waals surface area contributed by atoms with E-state index in [0.717, 1.165) is 18.5 Å². The van der Waals surface area contributed by atoms with Crippen LogP contribution < -0.4 is 11.1 Å². The molecular weight excluding hydrogens is 242 g/mol. The molecule has 1 fully saturated rings. The topological polar surface area (TPSA) is 81.2 Å². The van der Waals surface area contributed by atoms with Crippen LogP contribution in [0.15, 0.2) is 18.2 Å². The number of nitrogens with two attached hydrogens (primary N) is 1. The molecule has 2 rings (SSSR count). The molecule has 0 aromatic heterocycles. The van der Waals surface area contributed by atoms with Crippen LogP contribution >= 0.6 is 0 Å². The Kier molecular flexibility index (Phi) is 3.64. The average molecular weight is 263 g/mol. The molecule has 5 nitrogen and oxygen atoms in total. The van der Waals surface area contributed by atoms with Crippen molar-refractivity contribution in [3.05, 3.63) is 28.3 Å². The number of benzene rings is 1. The van der Waals surface area contributed by atoms with Crippen molar-refractivity contribution in [1.29, 1.82) is 0 Å². The highest BCUT2D eigenvalue weighted by Gasteiger charge is 2.27. The van der Waals surface area contributed by atoms with E-state index in [9.17, 15) is 10.1 Å². The van der Waals surface area contributed by atoms with Gasteiger partial charge in [-0.3, -0.25) is 10.1 Å². The second-order valence-electron chi connectivity index (χ2n) is 6.13. The fraction of sp³-hybridized carbons (Fsp3) is 0.571. The molecule has 0 heterocycles. The van der Waals surface area contributed by atoms with Crippen molar-refractivity contribution in [1.82, 2.24) is 0 Å².